The van der Waals surface area contributed by atoms with Gasteiger partial charge in [0.1, 0.15) is 5.60 Å². The zero-order valence-electron chi connectivity index (χ0n) is 13.4. The maximum Gasteiger partial charge on any atom is 0.407 e. The summed E-state index contributed by atoms with van der Waals surface area (Å²) in [6, 6.07) is 0.689. The minimum atomic E-state index is -0.440. The van der Waals surface area contributed by atoms with E-state index in [-0.39, 0.29) is 12.1 Å². The summed E-state index contributed by atoms with van der Waals surface area (Å²) in [6.45, 7) is 6.61. The molecule has 21 heavy (non-hydrogen) atoms. The van der Waals surface area contributed by atoms with Crippen LogP contribution in [0.3, 0.4) is 0 Å². The Morgan fingerprint density at radius 1 is 1.38 bits per heavy atom. The van der Waals surface area contributed by atoms with Gasteiger partial charge in [-0.1, -0.05) is 5.92 Å². The molecular formula is C16H28N2O2S. The summed E-state index contributed by atoms with van der Waals surface area (Å²) >= 11 is 1.77. The van der Waals surface area contributed by atoms with E-state index in [1.165, 1.54) is 6.42 Å². The molecule has 0 radical (unpaired) electrons. The van der Waals surface area contributed by atoms with Crippen molar-refractivity contribution in [1.82, 2.24) is 10.6 Å². The fraction of sp³-hybridized carbons (Fsp3) is 0.812. The van der Waals surface area contributed by atoms with Crippen molar-refractivity contribution in [3.05, 3.63) is 0 Å². The molecule has 120 valence electrons. The highest BCUT2D eigenvalue weighted by Crippen LogP contribution is 2.19. The van der Waals surface area contributed by atoms with Gasteiger partial charge in [-0.25, -0.2) is 4.79 Å². The molecule has 1 fully saturated rings. The molecule has 1 saturated carbocycles. The van der Waals surface area contributed by atoms with Crippen molar-refractivity contribution in [2.24, 2.45) is 0 Å². The zero-order chi connectivity index (χ0) is 15.7. The van der Waals surface area contributed by atoms with Crippen LogP contribution in [-0.4, -0.2) is 41.8 Å². The van der Waals surface area contributed by atoms with E-state index in [0.29, 0.717) is 6.04 Å². The fourth-order valence-corrected chi connectivity index (χ4v) is 2.97. The van der Waals surface area contributed by atoms with Crippen LogP contribution in [0.25, 0.3) is 0 Å². The molecular weight excluding hydrogens is 284 g/mol. The second kappa shape index (κ2) is 9.22. The maximum absolute atomic E-state index is 11.8. The normalized spacial score (nSPS) is 22.4. The standard InChI is InChI=1S/C16H28N2O2S/c1-5-10-21-11-9-17-13-7-6-8-14(12-13)18-15(19)20-16(2,3)4/h1,13-14,17H,6-12H2,2-4H3,(H,18,19). The monoisotopic (exact) mass is 312 g/mol. The number of alkyl carbamates (subject to hydrolysis) is 1. The van der Waals surface area contributed by atoms with Crippen LogP contribution in [0.15, 0.2) is 0 Å². The number of hydrogen-bond acceptors (Lipinski definition) is 4. The first kappa shape index (κ1) is 18.2. The van der Waals surface area contributed by atoms with Crippen molar-refractivity contribution < 1.29 is 9.53 Å². The smallest absolute Gasteiger partial charge is 0.407 e. The van der Waals surface area contributed by atoms with Crippen molar-refractivity contribution in [3.63, 3.8) is 0 Å². The van der Waals surface area contributed by atoms with Crippen LogP contribution >= 0.6 is 11.8 Å². The molecule has 0 aromatic carbocycles. The number of nitrogens with one attached hydrogen (secondary N) is 2. The van der Waals surface area contributed by atoms with Crippen LogP contribution in [0, 0.1) is 12.3 Å². The average Bonchev–Trinajstić information content (AvgIpc) is 2.36. The predicted octanol–water partition coefficient (Wildman–Crippen LogP) is 2.78. The van der Waals surface area contributed by atoms with Crippen LogP contribution in [0.4, 0.5) is 4.79 Å². The predicted molar refractivity (Wildman–Crippen MR) is 89.6 cm³/mol. The van der Waals surface area contributed by atoms with Gasteiger partial charge in [-0.15, -0.1) is 18.2 Å². The number of amides is 1. The van der Waals surface area contributed by atoms with Crippen LogP contribution < -0.4 is 10.6 Å². The van der Waals surface area contributed by atoms with Gasteiger partial charge in [0, 0.05) is 24.4 Å². The molecule has 5 heteroatoms. The minimum absolute atomic E-state index is 0.212. The summed E-state index contributed by atoms with van der Waals surface area (Å²) in [6.07, 6.45) is 9.22. The topological polar surface area (TPSA) is 50.4 Å². The second-order valence-corrected chi connectivity index (χ2v) is 7.52. The highest BCUT2D eigenvalue weighted by molar-refractivity contribution is 7.99. The number of carbonyl (C=O) groups is 1. The summed E-state index contributed by atoms with van der Waals surface area (Å²) < 4.78 is 5.31. The lowest BCUT2D eigenvalue weighted by Crippen LogP contribution is -2.46. The summed E-state index contributed by atoms with van der Waals surface area (Å²) in [5.41, 5.74) is -0.440. The summed E-state index contributed by atoms with van der Waals surface area (Å²) in [5, 5.41) is 6.53. The highest BCUT2D eigenvalue weighted by atomic mass is 32.2. The molecule has 1 rings (SSSR count). The first-order chi connectivity index (χ1) is 9.90. The Balaban J connectivity index is 2.22. The average molecular weight is 312 g/mol. The van der Waals surface area contributed by atoms with Crippen LogP contribution in [0.1, 0.15) is 46.5 Å². The molecule has 0 aliphatic heterocycles. The van der Waals surface area contributed by atoms with Gasteiger partial charge in [0.2, 0.25) is 0 Å². The van der Waals surface area contributed by atoms with Gasteiger partial charge >= 0.3 is 6.09 Å². The molecule has 2 unspecified atom stereocenters. The number of terminal acetylenes is 1. The van der Waals surface area contributed by atoms with E-state index in [4.69, 9.17) is 11.2 Å². The quantitative estimate of drug-likeness (QED) is 0.585. The lowest BCUT2D eigenvalue weighted by Gasteiger charge is -2.31. The number of rotatable bonds is 6. The summed E-state index contributed by atoms with van der Waals surface area (Å²) in [5.74, 6) is 4.43. The summed E-state index contributed by atoms with van der Waals surface area (Å²) in [7, 11) is 0. The third-order valence-corrected chi connectivity index (χ3v) is 4.12. The molecule has 4 nitrogen and oxygen atoms in total. The van der Waals surface area contributed by atoms with Gasteiger partial charge < -0.3 is 15.4 Å². The van der Waals surface area contributed by atoms with Gasteiger partial charge in [-0.2, -0.15) is 0 Å². The first-order valence-electron chi connectivity index (χ1n) is 7.65. The third-order valence-electron chi connectivity index (χ3n) is 3.26. The Hall–Kier alpha value is -0.860. The molecule has 2 N–H and O–H groups in total. The Kier molecular flexibility index (Phi) is 7.98. The molecule has 0 bridgehead atoms. The molecule has 0 heterocycles. The Labute approximate surface area is 133 Å². The Bertz CT molecular complexity index is 360. The maximum atomic E-state index is 11.8. The number of carbonyl (C=O) groups excluding carboxylic acids is 1. The number of hydrogen-bond donors (Lipinski definition) is 2. The van der Waals surface area contributed by atoms with E-state index >= 15 is 0 Å². The number of thioether (sulfide) groups is 1. The largest absolute Gasteiger partial charge is 0.444 e. The van der Waals surface area contributed by atoms with Gasteiger partial charge in [-0.05, 0) is 46.5 Å². The van der Waals surface area contributed by atoms with E-state index in [1.807, 2.05) is 20.8 Å². The van der Waals surface area contributed by atoms with E-state index < -0.39 is 5.60 Å². The van der Waals surface area contributed by atoms with Gasteiger partial charge in [0.15, 0.2) is 0 Å². The first-order valence-corrected chi connectivity index (χ1v) is 8.80. The lowest BCUT2D eigenvalue weighted by atomic mass is 9.91. The van der Waals surface area contributed by atoms with Crippen molar-refractivity contribution in [1.29, 1.82) is 0 Å². The lowest BCUT2D eigenvalue weighted by molar-refractivity contribution is 0.0489. The second-order valence-electron chi connectivity index (χ2n) is 6.42. The minimum Gasteiger partial charge on any atom is -0.444 e. The molecule has 2 atom stereocenters. The molecule has 0 aromatic heterocycles. The van der Waals surface area contributed by atoms with E-state index in [1.54, 1.807) is 11.8 Å². The molecule has 0 aromatic rings. The van der Waals surface area contributed by atoms with Crippen molar-refractivity contribution in [2.75, 3.05) is 18.1 Å². The molecule has 1 aliphatic rings. The highest BCUT2D eigenvalue weighted by Gasteiger charge is 2.25. The van der Waals surface area contributed by atoms with Crippen LogP contribution in [0.5, 0.6) is 0 Å². The van der Waals surface area contributed by atoms with Crippen molar-refractivity contribution in [2.45, 2.75) is 64.1 Å². The Morgan fingerprint density at radius 3 is 2.76 bits per heavy atom. The van der Waals surface area contributed by atoms with Gasteiger partial charge in [0.05, 0.1) is 5.75 Å². The van der Waals surface area contributed by atoms with E-state index in [9.17, 15) is 4.79 Å². The van der Waals surface area contributed by atoms with Crippen LogP contribution in [-0.2, 0) is 4.74 Å². The Morgan fingerprint density at radius 2 is 2.10 bits per heavy atom. The summed E-state index contributed by atoms with van der Waals surface area (Å²) in [4.78, 5) is 11.8. The molecule has 1 amide bonds. The molecule has 1 aliphatic carbocycles. The van der Waals surface area contributed by atoms with Gasteiger partial charge in [0.25, 0.3) is 0 Å². The van der Waals surface area contributed by atoms with Crippen molar-refractivity contribution in [3.8, 4) is 12.3 Å². The van der Waals surface area contributed by atoms with Crippen LogP contribution in [0.2, 0.25) is 0 Å². The van der Waals surface area contributed by atoms with E-state index in [2.05, 4.69) is 16.6 Å². The van der Waals surface area contributed by atoms with Gasteiger partial charge in [-0.3, -0.25) is 0 Å². The molecule has 0 spiro atoms. The van der Waals surface area contributed by atoms with E-state index in [0.717, 1.165) is 37.3 Å². The molecule has 0 saturated heterocycles. The fourth-order valence-electron chi connectivity index (χ4n) is 2.45. The van der Waals surface area contributed by atoms with Crippen molar-refractivity contribution >= 4 is 17.9 Å². The third kappa shape index (κ3) is 8.90. The SMILES string of the molecule is C#CCSCCNC1CCCC(NC(=O)OC(C)(C)C)C1. The zero-order valence-corrected chi connectivity index (χ0v) is 14.2. The number of ether oxygens (including phenoxy) is 1.